The van der Waals surface area contributed by atoms with Gasteiger partial charge in [0.1, 0.15) is 11.6 Å². The van der Waals surface area contributed by atoms with E-state index < -0.39 is 5.82 Å². The molecule has 1 aromatic heterocycles. The highest BCUT2D eigenvalue weighted by Gasteiger charge is 2.09. The van der Waals surface area contributed by atoms with Crippen LogP contribution in [0.5, 0.6) is 11.6 Å². The second-order valence-electron chi connectivity index (χ2n) is 4.48. The van der Waals surface area contributed by atoms with E-state index in [0.29, 0.717) is 21.8 Å². The molecule has 0 atom stereocenters. The Morgan fingerprint density at radius 1 is 1.14 bits per heavy atom. The molecule has 3 nitrogen and oxygen atoms in total. The van der Waals surface area contributed by atoms with Gasteiger partial charge in [0.15, 0.2) is 0 Å². The third kappa shape index (κ3) is 2.89. The van der Waals surface area contributed by atoms with Gasteiger partial charge in [0.25, 0.3) is 0 Å². The van der Waals surface area contributed by atoms with Crippen molar-refractivity contribution >= 4 is 26.7 Å². The van der Waals surface area contributed by atoms with Crippen LogP contribution in [0, 0.1) is 5.82 Å². The highest BCUT2D eigenvalue weighted by atomic mass is 79.9. The van der Waals surface area contributed by atoms with Gasteiger partial charge < -0.3 is 9.84 Å². The molecule has 0 saturated carbocycles. The molecule has 2 aromatic carbocycles. The molecule has 21 heavy (non-hydrogen) atoms. The first-order valence-corrected chi connectivity index (χ1v) is 7.09. The number of hydrogen-bond donors (Lipinski definition) is 1. The van der Waals surface area contributed by atoms with E-state index in [1.807, 2.05) is 24.3 Å². The average Bonchev–Trinajstić information content (AvgIpc) is 2.51. The quantitative estimate of drug-likeness (QED) is 0.762. The normalized spacial score (nSPS) is 10.8. The fourth-order valence-corrected chi connectivity index (χ4v) is 2.28. The number of fused-ring (bicyclic) bond motifs is 1. The van der Waals surface area contributed by atoms with E-state index in [1.165, 1.54) is 6.07 Å². The van der Waals surface area contributed by atoms with Gasteiger partial charge in [-0.3, -0.25) is 0 Å². The summed E-state index contributed by atoms with van der Waals surface area (Å²) in [5, 5.41) is 11.0. The summed E-state index contributed by atoms with van der Waals surface area (Å²) in [6.07, 6.45) is 0. The van der Waals surface area contributed by atoms with E-state index >= 15 is 0 Å². The number of aliphatic hydroxyl groups excluding tert-OH is 1. The van der Waals surface area contributed by atoms with Crippen molar-refractivity contribution in [2.45, 2.75) is 6.61 Å². The summed E-state index contributed by atoms with van der Waals surface area (Å²) < 4.78 is 19.6. The lowest BCUT2D eigenvalue weighted by atomic mass is 10.1. The third-order valence-electron chi connectivity index (χ3n) is 3.03. The fraction of sp³-hybridized carbons (Fsp3) is 0.0625. The number of benzene rings is 2. The first-order chi connectivity index (χ1) is 10.2. The van der Waals surface area contributed by atoms with Gasteiger partial charge >= 0.3 is 0 Å². The number of ether oxygens (including phenoxy) is 1. The molecule has 0 aliphatic carbocycles. The lowest BCUT2D eigenvalue weighted by Crippen LogP contribution is -1.95. The molecule has 3 rings (SSSR count). The smallest absolute Gasteiger partial charge is 0.227 e. The Bertz CT molecular complexity index is 807. The van der Waals surface area contributed by atoms with Gasteiger partial charge in [-0.1, -0.05) is 18.2 Å². The van der Waals surface area contributed by atoms with Crippen LogP contribution in [-0.2, 0) is 6.61 Å². The molecule has 0 fully saturated rings. The van der Waals surface area contributed by atoms with Crippen LogP contribution in [0.2, 0.25) is 0 Å². The summed E-state index contributed by atoms with van der Waals surface area (Å²) in [5.41, 5.74) is 0.501. The molecule has 3 aromatic rings. The molecular formula is C16H11BrFNO2. The number of halogens is 2. The largest absolute Gasteiger partial charge is 0.438 e. The summed E-state index contributed by atoms with van der Waals surface area (Å²) in [5.74, 6) is 0.289. The number of nitrogens with zero attached hydrogens (tertiary/aromatic N) is 1. The second-order valence-corrected chi connectivity index (χ2v) is 5.33. The van der Waals surface area contributed by atoms with Crippen molar-refractivity contribution in [2.24, 2.45) is 0 Å². The Labute approximate surface area is 129 Å². The van der Waals surface area contributed by atoms with Crippen LogP contribution < -0.4 is 4.74 Å². The van der Waals surface area contributed by atoms with Crippen LogP contribution in [0.1, 0.15) is 5.69 Å². The lowest BCUT2D eigenvalue weighted by molar-refractivity contribution is 0.275. The minimum atomic E-state index is -0.407. The van der Waals surface area contributed by atoms with Crippen molar-refractivity contribution in [3.63, 3.8) is 0 Å². The minimum Gasteiger partial charge on any atom is -0.438 e. The highest BCUT2D eigenvalue weighted by Crippen LogP contribution is 2.30. The molecule has 0 radical (unpaired) electrons. The Hall–Kier alpha value is -1.98. The summed E-state index contributed by atoms with van der Waals surface area (Å²) in [6, 6.07) is 13.8. The zero-order chi connectivity index (χ0) is 14.8. The lowest BCUT2D eigenvalue weighted by Gasteiger charge is -2.10. The maximum Gasteiger partial charge on any atom is 0.227 e. The van der Waals surface area contributed by atoms with Crippen LogP contribution in [0.3, 0.4) is 0 Å². The van der Waals surface area contributed by atoms with Crippen molar-refractivity contribution in [1.82, 2.24) is 4.98 Å². The standard InChI is InChI=1S/C16H11BrFNO2/c17-14-6-5-12(8-15(14)18)21-16-13-4-2-1-3-10(13)7-11(9-20)19-16/h1-8,20H,9H2. The van der Waals surface area contributed by atoms with Gasteiger partial charge in [-0.25, -0.2) is 9.37 Å². The topological polar surface area (TPSA) is 42.4 Å². The van der Waals surface area contributed by atoms with E-state index in [-0.39, 0.29) is 6.61 Å². The monoisotopic (exact) mass is 347 g/mol. The fourth-order valence-electron chi connectivity index (χ4n) is 2.03. The zero-order valence-electron chi connectivity index (χ0n) is 10.9. The number of hydrogen-bond acceptors (Lipinski definition) is 3. The van der Waals surface area contributed by atoms with Gasteiger partial charge in [-0.05, 0) is 45.6 Å². The molecule has 0 aliphatic heterocycles. The predicted molar refractivity (Wildman–Crippen MR) is 81.8 cm³/mol. The van der Waals surface area contributed by atoms with Gasteiger partial charge in [0.05, 0.1) is 16.8 Å². The molecular weight excluding hydrogens is 337 g/mol. The first-order valence-electron chi connectivity index (χ1n) is 6.30. The van der Waals surface area contributed by atoms with Gasteiger partial charge in [0.2, 0.25) is 5.88 Å². The zero-order valence-corrected chi connectivity index (χ0v) is 12.5. The van der Waals surface area contributed by atoms with Crippen molar-refractivity contribution in [1.29, 1.82) is 0 Å². The number of rotatable bonds is 3. The summed E-state index contributed by atoms with van der Waals surface area (Å²) >= 11 is 3.10. The Kier molecular flexibility index (Phi) is 3.86. The predicted octanol–water partition coefficient (Wildman–Crippen LogP) is 4.42. The summed E-state index contributed by atoms with van der Waals surface area (Å²) in [7, 11) is 0. The molecule has 5 heteroatoms. The van der Waals surface area contributed by atoms with Gasteiger partial charge in [0, 0.05) is 11.5 Å². The molecule has 1 N–H and O–H groups in total. The van der Waals surface area contributed by atoms with E-state index in [2.05, 4.69) is 20.9 Å². The molecule has 0 bridgehead atoms. The van der Waals surface area contributed by atoms with Gasteiger partial charge in [-0.2, -0.15) is 0 Å². The van der Waals surface area contributed by atoms with E-state index in [4.69, 9.17) is 4.74 Å². The molecule has 1 heterocycles. The average molecular weight is 348 g/mol. The third-order valence-corrected chi connectivity index (χ3v) is 3.67. The maximum atomic E-state index is 13.6. The Balaban J connectivity index is 2.08. The first kappa shape index (κ1) is 14.0. The SMILES string of the molecule is OCc1cc2ccccc2c(Oc2ccc(Br)c(F)c2)n1. The van der Waals surface area contributed by atoms with Crippen LogP contribution in [0.15, 0.2) is 53.0 Å². The van der Waals surface area contributed by atoms with Crippen LogP contribution in [0.4, 0.5) is 4.39 Å². The number of pyridine rings is 1. The molecule has 0 saturated heterocycles. The van der Waals surface area contributed by atoms with Crippen molar-refractivity contribution in [3.05, 3.63) is 64.5 Å². The molecule has 106 valence electrons. The number of aromatic nitrogens is 1. The molecule has 0 spiro atoms. The van der Waals surface area contributed by atoms with E-state index in [9.17, 15) is 9.50 Å². The summed E-state index contributed by atoms with van der Waals surface area (Å²) in [4.78, 5) is 4.26. The van der Waals surface area contributed by atoms with Crippen molar-refractivity contribution < 1.29 is 14.2 Å². The van der Waals surface area contributed by atoms with Crippen molar-refractivity contribution in [3.8, 4) is 11.6 Å². The van der Waals surface area contributed by atoms with Crippen molar-refractivity contribution in [2.75, 3.05) is 0 Å². The summed E-state index contributed by atoms with van der Waals surface area (Å²) in [6.45, 7) is -0.185. The van der Waals surface area contributed by atoms with E-state index in [0.717, 1.165) is 10.8 Å². The maximum absolute atomic E-state index is 13.6. The van der Waals surface area contributed by atoms with Gasteiger partial charge in [-0.15, -0.1) is 0 Å². The minimum absolute atomic E-state index is 0.185. The van der Waals surface area contributed by atoms with Crippen LogP contribution >= 0.6 is 15.9 Å². The molecule has 0 amide bonds. The van der Waals surface area contributed by atoms with Crippen LogP contribution in [-0.4, -0.2) is 10.1 Å². The van der Waals surface area contributed by atoms with Crippen LogP contribution in [0.25, 0.3) is 10.8 Å². The highest BCUT2D eigenvalue weighted by molar-refractivity contribution is 9.10. The van der Waals surface area contributed by atoms with E-state index in [1.54, 1.807) is 18.2 Å². The second kappa shape index (κ2) is 5.79. The molecule has 0 unspecified atom stereocenters. The number of aliphatic hydroxyl groups is 1. The Morgan fingerprint density at radius 2 is 1.95 bits per heavy atom. The molecule has 0 aliphatic rings. The Morgan fingerprint density at radius 3 is 2.71 bits per heavy atom.